The van der Waals surface area contributed by atoms with Gasteiger partial charge in [0.1, 0.15) is 0 Å². The van der Waals surface area contributed by atoms with Crippen molar-refractivity contribution in [3.8, 4) is 0 Å². The van der Waals surface area contributed by atoms with Crippen molar-refractivity contribution in [3.63, 3.8) is 0 Å². The maximum absolute atomic E-state index is 11.5. The van der Waals surface area contributed by atoms with E-state index in [0.717, 1.165) is 5.56 Å². The molecule has 3 N–H and O–H groups in total. The van der Waals surface area contributed by atoms with Crippen molar-refractivity contribution in [1.82, 2.24) is 10.2 Å². The summed E-state index contributed by atoms with van der Waals surface area (Å²) in [7, 11) is 1.69. The molecule has 0 heterocycles. The van der Waals surface area contributed by atoms with Gasteiger partial charge in [-0.25, -0.2) is 0 Å². The van der Waals surface area contributed by atoms with Gasteiger partial charge in [-0.2, -0.15) is 0 Å². The van der Waals surface area contributed by atoms with E-state index < -0.39 is 0 Å². The Morgan fingerprint density at radius 1 is 1.42 bits per heavy atom. The lowest BCUT2D eigenvalue weighted by Crippen LogP contribution is -2.37. The van der Waals surface area contributed by atoms with E-state index in [4.69, 9.17) is 5.73 Å². The number of anilines is 1. The topological polar surface area (TPSA) is 75.4 Å². The summed E-state index contributed by atoms with van der Waals surface area (Å²) in [5.41, 5.74) is 7.11. The molecule has 0 fully saturated rings. The van der Waals surface area contributed by atoms with Crippen molar-refractivity contribution in [2.45, 2.75) is 6.92 Å². The third-order valence-corrected chi connectivity index (χ3v) is 2.65. The van der Waals surface area contributed by atoms with E-state index in [1.165, 1.54) is 6.08 Å². The van der Waals surface area contributed by atoms with Gasteiger partial charge in [-0.05, 0) is 30.7 Å². The number of amides is 2. The van der Waals surface area contributed by atoms with Crippen LogP contribution in [0.4, 0.5) is 5.69 Å². The van der Waals surface area contributed by atoms with Gasteiger partial charge >= 0.3 is 0 Å². The summed E-state index contributed by atoms with van der Waals surface area (Å²) in [4.78, 5) is 24.5. The Labute approximate surface area is 113 Å². The van der Waals surface area contributed by atoms with Gasteiger partial charge in [0, 0.05) is 25.4 Å². The summed E-state index contributed by atoms with van der Waals surface area (Å²) in [5, 5.41) is 2.53. The SMILES string of the molecule is CCN(C)C(=O)CNC(=O)/C=C/c1cccc(N)c1. The normalized spacial score (nSPS) is 10.4. The van der Waals surface area contributed by atoms with E-state index in [1.54, 1.807) is 30.2 Å². The van der Waals surface area contributed by atoms with Gasteiger partial charge in [0.05, 0.1) is 6.54 Å². The third kappa shape index (κ3) is 5.25. The molecule has 5 heteroatoms. The van der Waals surface area contributed by atoms with Gasteiger partial charge in [-0.15, -0.1) is 0 Å². The molecule has 1 rings (SSSR count). The lowest BCUT2D eigenvalue weighted by molar-refractivity contribution is -0.130. The molecule has 0 aromatic heterocycles. The number of hydrogen-bond donors (Lipinski definition) is 2. The standard InChI is InChI=1S/C14H19N3O2/c1-3-17(2)14(19)10-16-13(18)8-7-11-5-4-6-12(15)9-11/h4-9H,3,10,15H2,1-2H3,(H,16,18)/b8-7+. The van der Waals surface area contributed by atoms with E-state index in [-0.39, 0.29) is 18.4 Å². The lowest BCUT2D eigenvalue weighted by Gasteiger charge is -2.14. The number of hydrogen-bond acceptors (Lipinski definition) is 3. The van der Waals surface area contributed by atoms with E-state index in [0.29, 0.717) is 12.2 Å². The maximum Gasteiger partial charge on any atom is 0.244 e. The molecule has 0 spiro atoms. The van der Waals surface area contributed by atoms with Gasteiger partial charge in [-0.1, -0.05) is 12.1 Å². The molecule has 0 aliphatic carbocycles. The van der Waals surface area contributed by atoms with E-state index in [9.17, 15) is 9.59 Å². The maximum atomic E-state index is 11.5. The van der Waals surface area contributed by atoms with Crippen LogP contribution in [0.3, 0.4) is 0 Å². The van der Waals surface area contributed by atoms with Crippen LogP contribution in [-0.4, -0.2) is 36.9 Å². The van der Waals surface area contributed by atoms with Gasteiger partial charge < -0.3 is 16.0 Å². The van der Waals surface area contributed by atoms with Crippen molar-refractivity contribution in [2.75, 3.05) is 25.9 Å². The molecule has 102 valence electrons. The minimum absolute atomic E-state index is 0.00441. The molecule has 0 saturated heterocycles. The molecule has 0 aliphatic rings. The Hall–Kier alpha value is -2.30. The van der Waals surface area contributed by atoms with Gasteiger partial charge in [0.25, 0.3) is 0 Å². The molecule has 0 aliphatic heterocycles. The van der Waals surface area contributed by atoms with Gasteiger partial charge in [0.15, 0.2) is 0 Å². The van der Waals surface area contributed by atoms with Crippen LogP contribution in [0.1, 0.15) is 12.5 Å². The molecule has 1 aromatic carbocycles. The first kappa shape index (κ1) is 14.8. The predicted molar refractivity (Wildman–Crippen MR) is 76.2 cm³/mol. The zero-order valence-corrected chi connectivity index (χ0v) is 11.2. The molecule has 0 bridgehead atoms. The second-order valence-electron chi connectivity index (χ2n) is 4.13. The fraction of sp³-hybridized carbons (Fsp3) is 0.286. The molecule has 0 atom stereocenters. The van der Waals surface area contributed by atoms with Gasteiger partial charge in [0.2, 0.25) is 11.8 Å². The highest BCUT2D eigenvalue weighted by molar-refractivity contribution is 5.94. The highest BCUT2D eigenvalue weighted by atomic mass is 16.2. The van der Waals surface area contributed by atoms with Crippen LogP contribution in [-0.2, 0) is 9.59 Å². The number of carbonyl (C=O) groups excluding carboxylic acids is 2. The average molecular weight is 261 g/mol. The Balaban J connectivity index is 2.45. The number of benzene rings is 1. The fourth-order valence-electron chi connectivity index (χ4n) is 1.37. The molecule has 0 unspecified atom stereocenters. The van der Waals surface area contributed by atoms with Crippen LogP contribution in [0.15, 0.2) is 30.3 Å². The number of nitrogen functional groups attached to an aromatic ring is 1. The monoisotopic (exact) mass is 261 g/mol. The largest absolute Gasteiger partial charge is 0.399 e. The van der Waals surface area contributed by atoms with Crippen LogP contribution in [0.2, 0.25) is 0 Å². The van der Waals surface area contributed by atoms with E-state index in [1.807, 2.05) is 19.1 Å². The van der Waals surface area contributed by atoms with Crippen LogP contribution in [0.25, 0.3) is 6.08 Å². The summed E-state index contributed by atoms with van der Waals surface area (Å²) < 4.78 is 0. The first-order valence-corrected chi connectivity index (χ1v) is 6.08. The summed E-state index contributed by atoms with van der Waals surface area (Å²) >= 11 is 0. The molecule has 19 heavy (non-hydrogen) atoms. The number of nitrogens with zero attached hydrogens (tertiary/aromatic N) is 1. The van der Waals surface area contributed by atoms with E-state index in [2.05, 4.69) is 5.32 Å². The minimum Gasteiger partial charge on any atom is -0.399 e. The summed E-state index contributed by atoms with van der Waals surface area (Å²) in [5.74, 6) is -0.423. The van der Waals surface area contributed by atoms with Crippen molar-refractivity contribution in [3.05, 3.63) is 35.9 Å². The molecular weight excluding hydrogens is 242 g/mol. The van der Waals surface area contributed by atoms with Gasteiger partial charge in [-0.3, -0.25) is 9.59 Å². The number of rotatable bonds is 5. The number of nitrogens with one attached hydrogen (secondary N) is 1. The van der Waals surface area contributed by atoms with E-state index >= 15 is 0 Å². The number of likely N-dealkylation sites (N-methyl/N-ethyl adjacent to an activating group) is 1. The average Bonchev–Trinajstić information content (AvgIpc) is 2.41. The van der Waals surface area contributed by atoms with Crippen LogP contribution >= 0.6 is 0 Å². The number of nitrogens with two attached hydrogens (primary N) is 1. The third-order valence-electron chi connectivity index (χ3n) is 2.65. The summed E-state index contributed by atoms with van der Waals surface area (Å²) in [6.07, 6.45) is 3.04. The molecule has 0 saturated carbocycles. The molecular formula is C14H19N3O2. The predicted octanol–water partition coefficient (Wildman–Crippen LogP) is 0.876. The summed E-state index contributed by atoms with van der Waals surface area (Å²) in [6.45, 7) is 2.50. The zero-order chi connectivity index (χ0) is 14.3. The van der Waals surface area contributed by atoms with Crippen molar-refractivity contribution >= 4 is 23.6 Å². The molecule has 0 radical (unpaired) electrons. The second-order valence-corrected chi connectivity index (χ2v) is 4.13. The zero-order valence-electron chi connectivity index (χ0n) is 11.2. The van der Waals surface area contributed by atoms with Crippen molar-refractivity contribution in [2.24, 2.45) is 0 Å². The first-order chi connectivity index (χ1) is 9.02. The minimum atomic E-state index is -0.305. The number of carbonyl (C=O) groups is 2. The highest BCUT2D eigenvalue weighted by Gasteiger charge is 2.06. The fourth-order valence-corrected chi connectivity index (χ4v) is 1.37. The van der Waals surface area contributed by atoms with Crippen LogP contribution in [0, 0.1) is 0 Å². The molecule has 1 aromatic rings. The summed E-state index contributed by atoms with van der Waals surface area (Å²) in [6, 6.07) is 7.19. The molecule has 2 amide bonds. The Bertz CT molecular complexity index is 483. The second kappa shape index (κ2) is 7.20. The first-order valence-electron chi connectivity index (χ1n) is 6.08. The van der Waals surface area contributed by atoms with Crippen molar-refractivity contribution < 1.29 is 9.59 Å². The lowest BCUT2D eigenvalue weighted by atomic mass is 10.2. The Kier molecular flexibility index (Phi) is 5.60. The molecule has 5 nitrogen and oxygen atoms in total. The smallest absolute Gasteiger partial charge is 0.244 e. The Morgan fingerprint density at radius 2 is 2.16 bits per heavy atom. The van der Waals surface area contributed by atoms with Crippen LogP contribution < -0.4 is 11.1 Å². The highest BCUT2D eigenvalue weighted by Crippen LogP contribution is 2.07. The van der Waals surface area contributed by atoms with Crippen molar-refractivity contribution in [1.29, 1.82) is 0 Å². The van der Waals surface area contributed by atoms with Crippen LogP contribution in [0.5, 0.6) is 0 Å². The quantitative estimate of drug-likeness (QED) is 0.610. The Morgan fingerprint density at radius 3 is 2.79 bits per heavy atom.